The molecular formula is C24H27N3O4S. The first-order chi connectivity index (χ1) is 15.4. The van der Waals surface area contributed by atoms with Crippen molar-refractivity contribution in [1.82, 2.24) is 14.7 Å². The van der Waals surface area contributed by atoms with E-state index >= 15 is 0 Å². The Kier molecular flexibility index (Phi) is 6.69. The number of hydrogen-bond donors (Lipinski definition) is 0. The molecule has 0 bridgehead atoms. The zero-order valence-corrected chi connectivity index (χ0v) is 19.0. The first-order valence-corrected chi connectivity index (χ1v) is 11.8. The fourth-order valence-corrected chi connectivity index (χ4v) is 5.25. The zero-order chi connectivity index (χ0) is 22.7. The lowest BCUT2D eigenvalue weighted by atomic mass is 10.1. The predicted molar refractivity (Wildman–Crippen MR) is 121 cm³/mol. The Morgan fingerprint density at radius 2 is 1.75 bits per heavy atom. The van der Waals surface area contributed by atoms with Gasteiger partial charge >= 0.3 is 17.8 Å². The van der Waals surface area contributed by atoms with Crippen LogP contribution in [0.15, 0.2) is 42.5 Å². The quantitative estimate of drug-likeness (QED) is 0.454. The van der Waals surface area contributed by atoms with Crippen LogP contribution in [0.1, 0.15) is 41.0 Å². The van der Waals surface area contributed by atoms with Crippen molar-refractivity contribution in [3.63, 3.8) is 0 Å². The number of benzene rings is 1. The van der Waals surface area contributed by atoms with Crippen LogP contribution in [0.3, 0.4) is 0 Å². The third kappa shape index (κ3) is 4.75. The summed E-state index contributed by atoms with van der Waals surface area (Å²) in [6.07, 6.45) is 3.96. The number of carbonyl (C=O) groups is 4. The fraction of sp³-hybridized carbons (Fsp3) is 0.417. The second-order valence-corrected chi connectivity index (χ2v) is 9.72. The van der Waals surface area contributed by atoms with Crippen LogP contribution < -0.4 is 0 Å². The Labute approximate surface area is 191 Å². The maximum atomic E-state index is 13.2. The minimum absolute atomic E-state index is 0.234. The van der Waals surface area contributed by atoms with Crippen molar-refractivity contribution in [1.29, 1.82) is 0 Å². The number of imide groups is 2. The summed E-state index contributed by atoms with van der Waals surface area (Å²) >= 11 is 1.61. The van der Waals surface area contributed by atoms with E-state index in [-0.39, 0.29) is 11.9 Å². The molecule has 2 heterocycles. The van der Waals surface area contributed by atoms with Gasteiger partial charge in [-0.05, 0) is 43.9 Å². The van der Waals surface area contributed by atoms with Gasteiger partial charge in [0, 0.05) is 22.3 Å². The SMILES string of the molecule is Cc1ccc(CN(CCc2ccccc2)C(=O)CN2C(=O)C(=O)N(C3CCCC3)C2=O)s1. The smallest absolute Gasteiger partial charge is 0.334 e. The van der Waals surface area contributed by atoms with E-state index in [4.69, 9.17) is 0 Å². The summed E-state index contributed by atoms with van der Waals surface area (Å²) in [7, 11) is 0. The van der Waals surface area contributed by atoms with Crippen LogP contribution in [0.4, 0.5) is 4.79 Å². The highest BCUT2D eigenvalue weighted by Gasteiger charge is 2.48. The van der Waals surface area contributed by atoms with Gasteiger partial charge in [0.05, 0.1) is 6.54 Å². The van der Waals surface area contributed by atoms with Gasteiger partial charge in [-0.15, -0.1) is 11.3 Å². The predicted octanol–water partition coefficient (Wildman–Crippen LogP) is 3.36. The first-order valence-electron chi connectivity index (χ1n) is 11.0. The summed E-state index contributed by atoms with van der Waals surface area (Å²) in [4.78, 5) is 56.8. The molecule has 2 aliphatic rings. The third-order valence-corrected chi connectivity index (χ3v) is 7.06. The lowest BCUT2D eigenvalue weighted by molar-refractivity contribution is -0.145. The molecule has 0 radical (unpaired) electrons. The van der Waals surface area contributed by atoms with Gasteiger partial charge in [0.2, 0.25) is 5.91 Å². The number of hydrogen-bond acceptors (Lipinski definition) is 5. The highest BCUT2D eigenvalue weighted by molar-refractivity contribution is 7.11. The summed E-state index contributed by atoms with van der Waals surface area (Å²) in [6, 6.07) is 13.0. The van der Waals surface area contributed by atoms with E-state index in [2.05, 4.69) is 0 Å². The van der Waals surface area contributed by atoms with Gasteiger partial charge in [0.1, 0.15) is 6.54 Å². The Morgan fingerprint density at radius 1 is 1.03 bits per heavy atom. The highest BCUT2D eigenvalue weighted by Crippen LogP contribution is 2.28. The van der Waals surface area contributed by atoms with Crippen molar-refractivity contribution >= 4 is 35.1 Å². The van der Waals surface area contributed by atoms with Crippen molar-refractivity contribution in [3.8, 4) is 0 Å². The Balaban J connectivity index is 1.47. The van der Waals surface area contributed by atoms with Crippen molar-refractivity contribution in [2.45, 2.75) is 51.6 Å². The van der Waals surface area contributed by atoms with Crippen LogP contribution in [-0.2, 0) is 27.3 Å². The molecule has 7 nitrogen and oxygen atoms in total. The van der Waals surface area contributed by atoms with Crippen LogP contribution in [0.5, 0.6) is 0 Å². The molecule has 168 valence electrons. The van der Waals surface area contributed by atoms with Gasteiger partial charge in [-0.2, -0.15) is 0 Å². The molecule has 1 saturated carbocycles. The second kappa shape index (κ2) is 9.65. The van der Waals surface area contributed by atoms with Gasteiger partial charge in [-0.3, -0.25) is 19.3 Å². The van der Waals surface area contributed by atoms with E-state index in [0.29, 0.717) is 32.4 Å². The Hall–Kier alpha value is -3.00. The van der Waals surface area contributed by atoms with Crippen LogP contribution in [0.2, 0.25) is 0 Å². The normalized spacial score (nSPS) is 17.0. The number of thiophene rings is 1. The van der Waals surface area contributed by atoms with Crippen molar-refractivity contribution < 1.29 is 19.2 Å². The molecule has 0 unspecified atom stereocenters. The minimum atomic E-state index is -0.898. The minimum Gasteiger partial charge on any atom is -0.336 e. The first kappa shape index (κ1) is 22.2. The van der Waals surface area contributed by atoms with Crippen molar-refractivity contribution in [2.24, 2.45) is 0 Å². The Bertz CT molecular complexity index is 1010. The van der Waals surface area contributed by atoms with Crippen LogP contribution >= 0.6 is 11.3 Å². The lowest BCUT2D eigenvalue weighted by Gasteiger charge is -2.25. The van der Waals surface area contributed by atoms with Gasteiger partial charge in [0.25, 0.3) is 0 Å². The van der Waals surface area contributed by atoms with Crippen LogP contribution in [0.25, 0.3) is 0 Å². The molecule has 1 aliphatic carbocycles. The molecule has 2 fully saturated rings. The molecule has 1 aromatic heterocycles. The van der Waals surface area contributed by atoms with E-state index in [1.807, 2.05) is 49.4 Å². The zero-order valence-electron chi connectivity index (χ0n) is 18.2. The van der Waals surface area contributed by atoms with E-state index in [1.54, 1.807) is 16.2 Å². The second-order valence-electron chi connectivity index (χ2n) is 8.35. The van der Waals surface area contributed by atoms with E-state index < -0.39 is 24.4 Å². The number of rotatable bonds is 8. The third-order valence-electron chi connectivity index (χ3n) is 6.08. The summed E-state index contributed by atoms with van der Waals surface area (Å²) < 4.78 is 0. The van der Waals surface area contributed by atoms with Crippen molar-refractivity contribution in [3.05, 3.63) is 57.8 Å². The largest absolute Gasteiger partial charge is 0.336 e. The van der Waals surface area contributed by atoms with Crippen LogP contribution in [0, 0.1) is 6.92 Å². The molecule has 5 amide bonds. The van der Waals surface area contributed by atoms with Gasteiger partial charge in [0.15, 0.2) is 0 Å². The summed E-state index contributed by atoms with van der Waals surface area (Å²) in [5, 5.41) is 0. The van der Waals surface area contributed by atoms with Crippen molar-refractivity contribution in [2.75, 3.05) is 13.1 Å². The van der Waals surface area contributed by atoms with E-state index in [1.165, 1.54) is 0 Å². The molecule has 1 aliphatic heterocycles. The molecule has 0 atom stereocenters. The summed E-state index contributed by atoms with van der Waals surface area (Å²) in [6.45, 7) is 2.46. The number of aryl methyl sites for hydroxylation is 1. The molecule has 0 spiro atoms. The van der Waals surface area contributed by atoms with Gasteiger partial charge < -0.3 is 4.90 Å². The monoisotopic (exact) mass is 453 g/mol. The molecule has 1 aromatic carbocycles. The standard InChI is InChI=1S/C24H27N3O4S/c1-17-11-12-20(32-17)15-25(14-13-18-7-3-2-4-8-18)21(28)16-26-22(29)23(30)27(24(26)31)19-9-5-6-10-19/h2-4,7-8,11-12,19H,5-6,9-10,13-16H2,1H3. The molecular weight excluding hydrogens is 426 g/mol. The van der Waals surface area contributed by atoms with Gasteiger partial charge in [-0.25, -0.2) is 9.69 Å². The molecule has 1 saturated heterocycles. The van der Waals surface area contributed by atoms with E-state index in [0.717, 1.165) is 38.0 Å². The number of nitrogens with zero attached hydrogens (tertiary/aromatic N) is 3. The number of amides is 5. The summed E-state index contributed by atoms with van der Waals surface area (Å²) in [5.74, 6) is -2.04. The molecule has 2 aromatic rings. The number of urea groups is 1. The average molecular weight is 454 g/mol. The average Bonchev–Trinajstić information content (AvgIpc) is 3.50. The van der Waals surface area contributed by atoms with E-state index in [9.17, 15) is 19.2 Å². The molecule has 0 N–H and O–H groups in total. The highest BCUT2D eigenvalue weighted by atomic mass is 32.1. The maximum Gasteiger partial charge on any atom is 0.334 e. The Morgan fingerprint density at radius 3 is 2.41 bits per heavy atom. The lowest BCUT2D eigenvalue weighted by Crippen LogP contribution is -2.44. The number of carbonyl (C=O) groups excluding carboxylic acids is 4. The molecule has 32 heavy (non-hydrogen) atoms. The molecule has 4 rings (SSSR count). The fourth-order valence-electron chi connectivity index (χ4n) is 4.34. The van der Waals surface area contributed by atoms with Gasteiger partial charge in [-0.1, -0.05) is 43.2 Å². The molecule has 8 heteroatoms. The topological polar surface area (TPSA) is 78.0 Å². The van der Waals surface area contributed by atoms with Crippen LogP contribution in [-0.4, -0.2) is 57.6 Å². The maximum absolute atomic E-state index is 13.2. The summed E-state index contributed by atoms with van der Waals surface area (Å²) in [5.41, 5.74) is 1.10.